The van der Waals surface area contributed by atoms with Gasteiger partial charge in [-0.3, -0.25) is 0 Å². The first-order chi connectivity index (χ1) is 9.16. The van der Waals surface area contributed by atoms with Crippen molar-refractivity contribution in [1.82, 2.24) is 9.97 Å². The van der Waals surface area contributed by atoms with E-state index < -0.39 is 0 Å². The zero-order chi connectivity index (χ0) is 13.4. The second kappa shape index (κ2) is 5.13. The molecule has 1 aliphatic heterocycles. The summed E-state index contributed by atoms with van der Waals surface area (Å²) in [5, 5.41) is 0.264. The van der Waals surface area contributed by atoms with E-state index in [1.165, 1.54) is 12.8 Å². The molecule has 0 aromatic carbocycles. The van der Waals surface area contributed by atoms with E-state index in [4.69, 9.17) is 22.1 Å². The number of nitrogen functional groups attached to an aromatic ring is 1. The molecule has 2 atom stereocenters. The van der Waals surface area contributed by atoms with Crippen LogP contribution in [0.5, 0.6) is 0 Å². The maximum absolute atomic E-state index is 6.14. The van der Waals surface area contributed by atoms with Gasteiger partial charge in [-0.15, -0.1) is 0 Å². The largest absolute Gasteiger partial charge is 0.394 e. The Morgan fingerprint density at radius 3 is 2.95 bits per heavy atom. The van der Waals surface area contributed by atoms with E-state index in [-0.39, 0.29) is 5.28 Å². The molecule has 2 N–H and O–H groups in total. The first kappa shape index (κ1) is 12.9. The van der Waals surface area contributed by atoms with Gasteiger partial charge in [-0.1, -0.05) is 12.8 Å². The number of aromatic nitrogens is 2. The maximum atomic E-state index is 6.14. The van der Waals surface area contributed by atoms with Crippen LogP contribution in [0.25, 0.3) is 0 Å². The molecule has 2 fully saturated rings. The number of aryl methyl sites for hydroxylation is 1. The van der Waals surface area contributed by atoms with E-state index in [2.05, 4.69) is 14.9 Å². The van der Waals surface area contributed by atoms with Gasteiger partial charge in [0.05, 0.1) is 30.1 Å². The van der Waals surface area contributed by atoms with E-state index in [1.807, 2.05) is 6.92 Å². The molecule has 1 saturated carbocycles. The summed E-state index contributed by atoms with van der Waals surface area (Å²) in [5.74, 6) is 0.776. The van der Waals surface area contributed by atoms with Crippen LogP contribution in [-0.2, 0) is 4.74 Å². The second-order valence-electron chi connectivity index (χ2n) is 5.27. The molecule has 19 heavy (non-hydrogen) atoms. The number of anilines is 2. The lowest BCUT2D eigenvalue weighted by molar-refractivity contribution is -0.00893. The summed E-state index contributed by atoms with van der Waals surface area (Å²) in [6, 6.07) is 0.371. The first-order valence-electron chi connectivity index (χ1n) is 6.84. The van der Waals surface area contributed by atoms with Crippen molar-refractivity contribution in [2.45, 2.75) is 44.8 Å². The molecule has 0 radical (unpaired) electrons. The summed E-state index contributed by atoms with van der Waals surface area (Å²) < 4.78 is 5.88. The van der Waals surface area contributed by atoms with E-state index in [0.29, 0.717) is 17.8 Å². The molecule has 0 spiro atoms. The molecule has 1 aliphatic carbocycles. The Hall–Kier alpha value is -1.07. The Bertz CT molecular complexity index is 480. The van der Waals surface area contributed by atoms with Crippen LogP contribution in [0.15, 0.2) is 0 Å². The smallest absolute Gasteiger partial charge is 0.224 e. The van der Waals surface area contributed by atoms with E-state index in [9.17, 15) is 0 Å². The average molecular weight is 283 g/mol. The van der Waals surface area contributed by atoms with E-state index in [1.54, 1.807) is 0 Å². The van der Waals surface area contributed by atoms with Crippen molar-refractivity contribution < 1.29 is 4.74 Å². The lowest BCUT2D eigenvalue weighted by Gasteiger charge is -2.44. The average Bonchev–Trinajstić information content (AvgIpc) is 2.42. The highest BCUT2D eigenvalue weighted by molar-refractivity contribution is 6.28. The van der Waals surface area contributed by atoms with Crippen LogP contribution < -0.4 is 10.6 Å². The lowest BCUT2D eigenvalue weighted by Crippen LogP contribution is -2.53. The Kier molecular flexibility index (Phi) is 3.50. The van der Waals surface area contributed by atoms with Crippen molar-refractivity contribution in [2.24, 2.45) is 0 Å². The minimum absolute atomic E-state index is 0.264. The van der Waals surface area contributed by atoms with Crippen LogP contribution in [0.2, 0.25) is 5.28 Å². The zero-order valence-corrected chi connectivity index (χ0v) is 11.9. The summed E-state index contributed by atoms with van der Waals surface area (Å²) >= 11 is 5.98. The summed E-state index contributed by atoms with van der Waals surface area (Å²) in [7, 11) is 0. The monoisotopic (exact) mass is 282 g/mol. The number of nitrogens with two attached hydrogens (primary N) is 1. The molecule has 1 aromatic heterocycles. The van der Waals surface area contributed by atoms with Gasteiger partial charge < -0.3 is 15.4 Å². The van der Waals surface area contributed by atoms with Crippen molar-refractivity contribution in [3.63, 3.8) is 0 Å². The number of fused-ring (bicyclic) bond motifs is 1. The molecular weight excluding hydrogens is 264 g/mol. The van der Waals surface area contributed by atoms with Gasteiger partial charge in [-0.2, -0.15) is 4.98 Å². The van der Waals surface area contributed by atoms with Gasteiger partial charge in [0, 0.05) is 6.54 Å². The Balaban J connectivity index is 1.96. The Morgan fingerprint density at radius 2 is 2.11 bits per heavy atom. The highest BCUT2D eigenvalue weighted by Crippen LogP contribution is 2.34. The standard InChI is InChI=1S/C13H19ClN4O/c1-8-11(15)12(17-13(14)16-8)18-6-7-19-10-5-3-2-4-9(10)18/h9-10H,2-7,15H2,1H3. The van der Waals surface area contributed by atoms with Gasteiger partial charge in [0.2, 0.25) is 5.28 Å². The number of nitrogens with zero attached hydrogens (tertiary/aromatic N) is 3. The van der Waals surface area contributed by atoms with Crippen LogP contribution >= 0.6 is 11.6 Å². The molecule has 1 aromatic rings. The van der Waals surface area contributed by atoms with E-state index >= 15 is 0 Å². The summed E-state index contributed by atoms with van der Waals surface area (Å²) in [5.41, 5.74) is 7.52. The lowest BCUT2D eigenvalue weighted by atomic mass is 9.90. The third-order valence-corrected chi connectivity index (χ3v) is 4.26. The van der Waals surface area contributed by atoms with Gasteiger partial charge in [0.25, 0.3) is 0 Å². The number of hydrogen-bond donors (Lipinski definition) is 1. The van der Waals surface area contributed by atoms with Crippen molar-refractivity contribution >= 4 is 23.1 Å². The molecule has 1 saturated heterocycles. The summed E-state index contributed by atoms with van der Waals surface area (Å²) in [4.78, 5) is 10.7. The predicted octanol–water partition coefficient (Wildman–Crippen LogP) is 2.17. The number of halogens is 1. The molecular formula is C13H19ClN4O. The van der Waals surface area contributed by atoms with Crippen molar-refractivity contribution in [1.29, 1.82) is 0 Å². The SMILES string of the molecule is Cc1nc(Cl)nc(N2CCOC3CCCCC32)c1N. The molecule has 2 unspecified atom stereocenters. The molecule has 5 nitrogen and oxygen atoms in total. The second-order valence-corrected chi connectivity index (χ2v) is 5.61. The highest BCUT2D eigenvalue weighted by atomic mass is 35.5. The molecule has 2 heterocycles. The number of ether oxygens (including phenoxy) is 1. The fraction of sp³-hybridized carbons (Fsp3) is 0.692. The molecule has 3 rings (SSSR count). The van der Waals surface area contributed by atoms with Crippen LogP contribution in [0.1, 0.15) is 31.4 Å². The number of morpholine rings is 1. The van der Waals surface area contributed by atoms with Crippen LogP contribution in [0, 0.1) is 6.92 Å². The topological polar surface area (TPSA) is 64.3 Å². The Morgan fingerprint density at radius 1 is 1.32 bits per heavy atom. The fourth-order valence-corrected chi connectivity index (χ4v) is 3.32. The van der Waals surface area contributed by atoms with E-state index in [0.717, 1.165) is 37.5 Å². The minimum Gasteiger partial charge on any atom is -0.394 e. The first-order valence-corrected chi connectivity index (χ1v) is 7.22. The molecule has 0 bridgehead atoms. The quantitative estimate of drug-likeness (QED) is 0.800. The molecule has 2 aliphatic rings. The van der Waals surface area contributed by atoms with Crippen molar-refractivity contribution in [2.75, 3.05) is 23.8 Å². The molecule has 0 amide bonds. The predicted molar refractivity (Wildman–Crippen MR) is 75.5 cm³/mol. The molecule has 6 heteroatoms. The zero-order valence-electron chi connectivity index (χ0n) is 11.1. The van der Waals surface area contributed by atoms with Gasteiger partial charge in [-0.05, 0) is 31.4 Å². The van der Waals surface area contributed by atoms with Crippen molar-refractivity contribution in [3.8, 4) is 0 Å². The normalized spacial score (nSPS) is 27.2. The van der Waals surface area contributed by atoms with Gasteiger partial charge in [0.15, 0.2) is 5.82 Å². The Labute approximate surface area is 118 Å². The maximum Gasteiger partial charge on any atom is 0.224 e. The minimum atomic E-state index is 0.264. The van der Waals surface area contributed by atoms with Gasteiger partial charge in [-0.25, -0.2) is 4.98 Å². The van der Waals surface area contributed by atoms with Gasteiger partial charge >= 0.3 is 0 Å². The van der Waals surface area contributed by atoms with Gasteiger partial charge in [0.1, 0.15) is 0 Å². The number of hydrogen-bond acceptors (Lipinski definition) is 5. The third kappa shape index (κ3) is 2.37. The van der Waals surface area contributed by atoms with Crippen LogP contribution in [0.3, 0.4) is 0 Å². The van der Waals surface area contributed by atoms with Crippen molar-refractivity contribution in [3.05, 3.63) is 11.0 Å². The number of rotatable bonds is 1. The highest BCUT2D eigenvalue weighted by Gasteiger charge is 2.36. The summed E-state index contributed by atoms with van der Waals surface area (Å²) in [6.07, 6.45) is 5.03. The van der Waals surface area contributed by atoms with Crippen LogP contribution in [0.4, 0.5) is 11.5 Å². The fourth-order valence-electron chi connectivity index (χ4n) is 3.11. The van der Waals surface area contributed by atoms with Crippen LogP contribution in [-0.4, -0.2) is 35.3 Å². The third-order valence-electron chi connectivity index (χ3n) is 4.09. The summed E-state index contributed by atoms with van der Waals surface area (Å²) in [6.45, 7) is 3.41. The molecule has 104 valence electrons.